The zero-order valence-corrected chi connectivity index (χ0v) is 33.9. The van der Waals surface area contributed by atoms with Gasteiger partial charge in [-0.25, -0.2) is 0 Å². The van der Waals surface area contributed by atoms with Gasteiger partial charge in [-0.3, -0.25) is 0 Å². The van der Waals surface area contributed by atoms with Crippen LogP contribution in [0.1, 0.15) is 25.0 Å². The van der Waals surface area contributed by atoms with Crippen molar-refractivity contribution in [1.29, 1.82) is 0 Å². The average molecular weight is 772 g/mol. The number of hydrogen-bond donors (Lipinski definition) is 0. The van der Waals surface area contributed by atoms with Crippen molar-refractivity contribution < 1.29 is 0 Å². The third-order valence-electron chi connectivity index (χ3n) is 12.3. The number of hydrogen-bond acceptors (Lipinski definition) is 2. The molecule has 2 heteroatoms. The largest absolute Gasteiger partial charge is 0.310 e. The molecule has 280 valence electrons. The fourth-order valence-corrected chi connectivity index (χ4v) is 10.6. The molecule has 59 heavy (non-hydrogen) atoms. The predicted octanol–water partition coefficient (Wildman–Crippen LogP) is 16.5. The van der Waals surface area contributed by atoms with Gasteiger partial charge in [0.25, 0.3) is 0 Å². The Bertz CT molecular complexity index is 3160. The summed E-state index contributed by atoms with van der Waals surface area (Å²) in [7, 11) is 0. The minimum absolute atomic E-state index is 0.156. The maximum atomic E-state index is 2.45. The molecule has 10 aromatic rings. The van der Waals surface area contributed by atoms with Crippen LogP contribution >= 0.6 is 11.3 Å². The molecule has 0 aliphatic heterocycles. The number of anilines is 3. The Morgan fingerprint density at radius 1 is 0.356 bits per heavy atom. The highest BCUT2D eigenvalue weighted by atomic mass is 32.1. The molecule has 0 bridgehead atoms. The summed E-state index contributed by atoms with van der Waals surface area (Å²) < 4.78 is 2.59. The second-order valence-corrected chi connectivity index (χ2v) is 17.2. The summed E-state index contributed by atoms with van der Waals surface area (Å²) in [6.07, 6.45) is 0. The second-order valence-electron chi connectivity index (χ2n) is 16.1. The van der Waals surface area contributed by atoms with Crippen molar-refractivity contribution in [1.82, 2.24) is 0 Å². The smallest absolute Gasteiger partial charge is 0.0468 e. The van der Waals surface area contributed by atoms with E-state index in [1.54, 1.807) is 0 Å². The third kappa shape index (κ3) is 5.91. The van der Waals surface area contributed by atoms with Gasteiger partial charge in [0.15, 0.2) is 0 Å². The summed E-state index contributed by atoms with van der Waals surface area (Å²) in [5.41, 5.74) is 18.5. The summed E-state index contributed by atoms with van der Waals surface area (Å²) in [5, 5.41) is 2.59. The van der Waals surface area contributed by atoms with E-state index in [-0.39, 0.29) is 5.41 Å². The number of thiophene rings is 1. The van der Waals surface area contributed by atoms with Gasteiger partial charge in [0.05, 0.1) is 0 Å². The molecule has 1 nitrogen and oxygen atoms in total. The van der Waals surface area contributed by atoms with Crippen molar-refractivity contribution in [2.75, 3.05) is 4.90 Å². The zero-order valence-electron chi connectivity index (χ0n) is 33.1. The van der Waals surface area contributed by atoms with Crippen LogP contribution in [0.25, 0.3) is 75.8 Å². The monoisotopic (exact) mass is 771 g/mol. The molecule has 11 rings (SSSR count). The van der Waals surface area contributed by atoms with E-state index in [2.05, 4.69) is 231 Å². The van der Waals surface area contributed by atoms with E-state index < -0.39 is 0 Å². The minimum Gasteiger partial charge on any atom is -0.310 e. The molecule has 0 radical (unpaired) electrons. The quantitative estimate of drug-likeness (QED) is 0.156. The summed E-state index contributed by atoms with van der Waals surface area (Å²) in [4.78, 5) is 2.45. The van der Waals surface area contributed by atoms with Crippen LogP contribution < -0.4 is 4.90 Å². The first kappa shape index (κ1) is 35.2. The van der Waals surface area contributed by atoms with E-state index in [4.69, 9.17) is 0 Å². The number of benzene rings is 9. The lowest BCUT2D eigenvalue weighted by atomic mass is 9.79. The highest BCUT2D eigenvalue weighted by Crippen LogP contribution is 2.54. The topological polar surface area (TPSA) is 3.24 Å². The lowest BCUT2D eigenvalue weighted by Gasteiger charge is -2.28. The van der Waals surface area contributed by atoms with Crippen LogP contribution in [0.3, 0.4) is 0 Å². The molecule has 1 aromatic heterocycles. The Morgan fingerprint density at radius 2 is 0.847 bits per heavy atom. The molecule has 0 saturated carbocycles. The SMILES string of the molecule is CC1(C)c2ccc(N(c3ccc(-c4ccccc4-c4ccccc4)cc3)c3ccc4sc5cccc(-c6ccccc6)c5c4c3)cc2-c2cccc(-c3ccccc3)c21. The van der Waals surface area contributed by atoms with Crippen LogP contribution in [0.15, 0.2) is 212 Å². The summed E-state index contributed by atoms with van der Waals surface area (Å²) in [5.74, 6) is 0. The predicted molar refractivity (Wildman–Crippen MR) is 253 cm³/mol. The average Bonchev–Trinajstić information content (AvgIpc) is 3.79. The summed E-state index contributed by atoms with van der Waals surface area (Å²) in [6, 6.07) is 78.0. The van der Waals surface area contributed by atoms with Crippen molar-refractivity contribution >= 4 is 48.6 Å². The lowest BCUT2D eigenvalue weighted by Crippen LogP contribution is -2.16. The van der Waals surface area contributed by atoms with Crippen LogP contribution in [-0.4, -0.2) is 0 Å². The molecule has 0 atom stereocenters. The summed E-state index contributed by atoms with van der Waals surface area (Å²) in [6.45, 7) is 4.76. The highest BCUT2D eigenvalue weighted by Gasteiger charge is 2.38. The fourth-order valence-electron chi connectivity index (χ4n) is 9.54. The van der Waals surface area contributed by atoms with Gasteiger partial charge in [0.1, 0.15) is 0 Å². The normalized spacial score (nSPS) is 12.7. The first-order valence-electron chi connectivity index (χ1n) is 20.4. The van der Waals surface area contributed by atoms with Crippen LogP contribution in [0.5, 0.6) is 0 Å². The minimum atomic E-state index is -0.156. The fraction of sp³-hybridized carbons (Fsp3) is 0.0526. The molecule has 0 spiro atoms. The van der Waals surface area contributed by atoms with Gasteiger partial charge in [-0.05, 0) is 115 Å². The van der Waals surface area contributed by atoms with E-state index in [0.29, 0.717) is 0 Å². The van der Waals surface area contributed by atoms with Crippen molar-refractivity contribution in [3.05, 3.63) is 223 Å². The van der Waals surface area contributed by atoms with E-state index in [1.807, 2.05) is 11.3 Å². The second kappa shape index (κ2) is 14.1. The van der Waals surface area contributed by atoms with E-state index in [0.717, 1.165) is 17.1 Å². The molecule has 1 aliphatic rings. The van der Waals surface area contributed by atoms with Crippen LogP contribution in [0, 0.1) is 0 Å². The van der Waals surface area contributed by atoms with E-state index in [1.165, 1.54) is 86.9 Å². The standard InChI is InChI=1S/C57H41NS/c1-57(2)52-34-32-43(36-50(52)49-26-14-25-48(56(49)57)40-20-10-5-11-21-40)58(42-30-28-41(29-31-42)46-23-13-12-22-45(46)38-16-6-3-7-17-38)44-33-35-53-51(37-44)55-47(24-15-27-54(55)59-53)39-18-8-4-9-19-39/h3-37H,1-2H3. The molecule has 0 amide bonds. The Balaban J connectivity index is 1.10. The van der Waals surface area contributed by atoms with E-state index in [9.17, 15) is 0 Å². The van der Waals surface area contributed by atoms with E-state index >= 15 is 0 Å². The number of fused-ring (bicyclic) bond motifs is 6. The van der Waals surface area contributed by atoms with Gasteiger partial charge < -0.3 is 4.90 Å². The summed E-state index contributed by atoms with van der Waals surface area (Å²) >= 11 is 1.87. The molecule has 9 aromatic carbocycles. The van der Waals surface area contributed by atoms with Gasteiger partial charge in [-0.1, -0.05) is 178 Å². The lowest BCUT2D eigenvalue weighted by molar-refractivity contribution is 0.662. The van der Waals surface area contributed by atoms with Crippen LogP contribution in [0.4, 0.5) is 17.1 Å². The molecule has 1 aliphatic carbocycles. The van der Waals surface area contributed by atoms with Gasteiger partial charge in [-0.15, -0.1) is 11.3 Å². The highest BCUT2D eigenvalue weighted by molar-refractivity contribution is 7.26. The van der Waals surface area contributed by atoms with Crippen molar-refractivity contribution in [2.24, 2.45) is 0 Å². The van der Waals surface area contributed by atoms with Crippen LogP contribution in [-0.2, 0) is 5.41 Å². The van der Waals surface area contributed by atoms with Gasteiger partial charge in [0, 0.05) is 42.6 Å². The maximum Gasteiger partial charge on any atom is 0.0468 e. The first-order chi connectivity index (χ1) is 29.0. The number of nitrogens with zero attached hydrogens (tertiary/aromatic N) is 1. The van der Waals surface area contributed by atoms with Crippen molar-refractivity contribution in [3.63, 3.8) is 0 Å². The third-order valence-corrected chi connectivity index (χ3v) is 13.4. The molecule has 0 fully saturated rings. The van der Waals surface area contributed by atoms with Crippen molar-refractivity contribution in [3.8, 4) is 55.6 Å². The van der Waals surface area contributed by atoms with Gasteiger partial charge >= 0.3 is 0 Å². The first-order valence-corrected chi connectivity index (χ1v) is 21.2. The maximum absolute atomic E-state index is 2.45. The zero-order chi connectivity index (χ0) is 39.5. The molecular weight excluding hydrogens is 731 g/mol. The Kier molecular flexibility index (Phi) is 8.43. The van der Waals surface area contributed by atoms with Crippen LogP contribution in [0.2, 0.25) is 0 Å². The number of rotatable bonds is 7. The molecule has 0 N–H and O–H groups in total. The molecule has 0 saturated heterocycles. The molecular formula is C57H41NS. The Hall–Kier alpha value is -7.00. The van der Waals surface area contributed by atoms with Gasteiger partial charge in [-0.2, -0.15) is 0 Å². The Labute approximate surface area is 350 Å². The Morgan fingerprint density at radius 3 is 1.53 bits per heavy atom. The molecule has 0 unspecified atom stereocenters. The molecule has 1 heterocycles. The van der Waals surface area contributed by atoms with Gasteiger partial charge in [0.2, 0.25) is 0 Å². The van der Waals surface area contributed by atoms with Crippen molar-refractivity contribution in [2.45, 2.75) is 19.3 Å².